The van der Waals surface area contributed by atoms with Crippen LogP contribution in [0.2, 0.25) is 0 Å². The SMILES string of the molecule is CC(C)C(=O)Oc1c(O)cc(Br)cc1C=NCCc1ccccc1. The van der Waals surface area contributed by atoms with E-state index < -0.39 is 5.97 Å². The number of aliphatic imine (C=N–C) groups is 1. The van der Waals surface area contributed by atoms with Gasteiger partial charge < -0.3 is 9.84 Å². The summed E-state index contributed by atoms with van der Waals surface area (Å²) in [6.45, 7) is 4.09. The summed E-state index contributed by atoms with van der Waals surface area (Å²) in [6.07, 6.45) is 2.44. The second kappa shape index (κ2) is 8.64. The van der Waals surface area contributed by atoms with Crippen LogP contribution in [-0.4, -0.2) is 23.8 Å². The molecule has 0 aliphatic rings. The number of rotatable bonds is 6. The van der Waals surface area contributed by atoms with Gasteiger partial charge in [0.1, 0.15) is 0 Å². The zero-order valence-electron chi connectivity index (χ0n) is 13.7. The lowest BCUT2D eigenvalue weighted by Gasteiger charge is -2.11. The van der Waals surface area contributed by atoms with Crippen molar-refractivity contribution in [3.05, 3.63) is 58.1 Å². The van der Waals surface area contributed by atoms with Crippen LogP contribution >= 0.6 is 15.9 Å². The lowest BCUT2D eigenvalue weighted by Crippen LogP contribution is -2.15. The second-order valence-corrected chi connectivity index (χ2v) is 6.61. The number of esters is 1. The van der Waals surface area contributed by atoms with Gasteiger partial charge in [0, 0.05) is 22.8 Å². The number of nitrogens with zero attached hydrogens (tertiary/aromatic N) is 1. The summed E-state index contributed by atoms with van der Waals surface area (Å²) < 4.78 is 6.00. The van der Waals surface area contributed by atoms with Gasteiger partial charge in [-0.25, -0.2) is 0 Å². The van der Waals surface area contributed by atoms with Gasteiger partial charge in [-0.15, -0.1) is 0 Å². The van der Waals surface area contributed by atoms with Crippen molar-refractivity contribution < 1.29 is 14.6 Å². The van der Waals surface area contributed by atoms with Gasteiger partial charge in [-0.2, -0.15) is 0 Å². The van der Waals surface area contributed by atoms with E-state index in [1.807, 2.05) is 18.2 Å². The number of ether oxygens (including phenoxy) is 1. The topological polar surface area (TPSA) is 58.9 Å². The van der Waals surface area contributed by atoms with Crippen LogP contribution in [0.3, 0.4) is 0 Å². The molecule has 1 N–H and O–H groups in total. The minimum atomic E-state index is -0.397. The van der Waals surface area contributed by atoms with Gasteiger partial charge in [0.25, 0.3) is 0 Å². The maximum atomic E-state index is 11.8. The van der Waals surface area contributed by atoms with Gasteiger partial charge in [-0.1, -0.05) is 60.1 Å². The number of hydrogen-bond acceptors (Lipinski definition) is 4. The minimum absolute atomic E-state index is 0.0946. The van der Waals surface area contributed by atoms with E-state index in [4.69, 9.17) is 4.74 Å². The molecule has 5 heteroatoms. The van der Waals surface area contributed by atoms with Crippen molar-refractivity contribution in [2.24, 2.45) is 10.9 Å². The van der Waals surface area contributed by atoms with E-state index in [2.05, 4.69) is 33.1 Å². The third-order valence-electron chi connectivity index (χ3n) is 3.34. The quantitative estimate of drug-likeness (QED) is 0.453. The molecule has 2 rings (SSSR count). The van der Waals surface area contributed by atoms with Crippen LogP contribution in [-0.2, 0) is 11.2 Å². The molecular weight excluding hydrogens is 370 g/mol. The van der Waals surface area contributed by atoms with E-state index >= 15 is 0 Å². The fourth-order valence-corrected chi connectivity index (χ4v) is 2.49. The van der Waals surface area contributed by atoms with Crippen LogP contribution < -0.4 is 4.74 Å². The Kier molecular flexibility index (Phi) is 6.55. The average molecular weight is 390 g/mol. The number of benzene rings is 2. The van der Waals surface area contributed by atoms with Gasteiger partial charge >= 0.3 is 5.97 Å². The summed E-state index contributed by atoms with van der Waals surface area (Å²) in [5.74, 6) is -0.634. The Morgan fingerprint density at radius 3 is 2.67 bits per heavy atom. The summed E-state index contributed by atoms with van der Waals surface area (Å²) in [7, 11) is 0. The van der Waals surface area contributed by atoms with E-state index in [1.165, 1.54) is 11.6 Å². The minimum Gasteiger partial charge on any atom is -0.504 e. The number of carbonyl (C=O) groups is 1. The first-order chi connectivity index (χ1) is 11.5. The van der Waals surface area contributed by atoms with Gasteiger partial charge in [0.05, 0.1) is 5.92 Å². The number of phenols is 1. The van der Waals surface area contributed by atoms with E-state index in [-0.39, 0.29) is 17.4 Å². The molecule has 0 saturated carbocycles. The molecule has 0 heterocycles. The van der Waals surface area contributed by atoms with Crippen LogP contribution in [0.1, 0.15) is 25.0 Å². The zero-order chi connectivity index (χ0) is 17.5. The lowest BCUT2D eigenvalue weighted by atomic mass is 10.1. The predicted molar refractivity (Wildman–Crippen MR) is 98.9 cm³/mol. The van der Waals surface area contributed by atoms with Crippen molar-refractivity contribution >= 4 is 28.1 Å². The zero-order valence-corrected chi connectivity index (χ0v) is 15.3. The maximum Gasteiger partial charge on any atom is 0.313 e. The fraction of sp³-hybridized carbons (Fsp3) is 0.263. The van der Waals surface area contributed by atoms with E-state index in [1.54, 1.807) is 26.1 Å². The number of carbonyl (C=O) groups excluding carboxylic acids is 1. The number of phenolic OH excluding ortho intramolecular Hbond substituents is 1. The lowest BCUT2D eigenvalue weighted by molar-refractivity contribution is -0.137. The molecule has 126 valence electrons. The van der Waals surface area contributed by atoms with Crippen LogP contribution in [0.15, 0.2) is 51.9 Å². The molecule has 0 atom stereocenters. The van der Waals surface area contributed by atoms with Crippen molar-refractivity contribution in [3.63, 3.8) is 0 Å². The normalized spacial score (nSPS) is 11.2. The molecule has 0 amide bonds. The smallest absolute Gasteiger partial charge is 0.313 e. The summed E-state index contributed by atoms with van der Waals surface area (Å²) in [5, 5.41) is 10.1. The summed E-state index contributed by atoms with van der Waals surface area (Å²) >= 11 is 3.33. The first-order valence-electron chi connectivity index (χ1n) is 7.75. The van der Waals surface area contributed by atoms with Crippen molar-refractivity contribution in [2.45, 2.75) is 20.3 Å². The second-order valence-electron chi connectivity index (χ2n) is 5.69. The van der Waals surface area contributed by atoms with Crippen molar-refractivity contribution in [1.29, 1.82) is 0 Å². The first-order valence-corrected chi connectivity index (χ1v) is 8.54. The van der Waals surface area contributed by atoms with Crippen LogP contribution in [0.5, 0.6) is 11.5 Å². The Morgan fingerprint density at radius 1 is 1.29 bits per heavy atom. The maximum absolute atomic E-state index is 11.8. The fourth-order valence-electron chi connectivity index (χ4n) is 2.03. The molecular formula is C19H20BrNO3. The highest BCUT2D eigenvalue weighted by molar-refractivity contribution is 9.10. The van der Waals surface area contributed by atoms with Crippen molar-refractivity contribution in [3.8, 4) is 11.5 Å². The molecule has 4 nitrogen and oxygen atoms in total. The van der Waals surface area contributed by atoms with Crippen LogP contribution in [0.25, 0.3) is 0 Å². The molecule has 2 aromatic rings. The summed E-state index contributed by atoms with van der Waals surface area (Å²) in [5.41, 5.74) is 1.77. The molecule has 0 aliphatic heterocycles. The van der Waals surface area contributed by atoms with Crippen LogP contribution in [0, 0.1) is 5.92 Å². The predicted octanol–water partition coefficient (Wildman–Crippen LogP) is 4.38. The molecule has 2 aromatic carbocycles. The van der Waals surface area contributed by atoms with Gasteiger partial charge in [0.2, 0.25) is 0 Å². The van der Waals surface area contributed by atoms with Crippen molar-refractivity contribution in [1.82, 2.24) is 0 Å². The van der Waals surface area contributed by atoms with Crippen molar-refractivity contribution in [2.75, 3.05) is 6.54 Å². The number of aromatic hydroxyl groups is 1. The van der Waals surface area contributed by atoms with Crippen LogP contribution in [0.4, 0.5) is 0 Å². The standard InChI is InChI=1S/C19H20BrNO3/c1-13(2)19(23)24-18-15(10-16(20)11-17(18)22)12-21-9-8-14-6-4-3-5-7-14/h3-7,10-13,22H,8-9H2,1-2H3. The van der Waals surface area contributed by atoms with Gasteiger partial charge in [0.15, 0.2) is 11.5 Å². The Morgan fingerprint density at radius 2 is 2.00 bits per heavy atom. The average Bonchev–Trinajstić information content (AvgIpc) is 2.55. The summed E-state index contributed by atoms with van der Waals surface area (Å²) in [6, 6.07) is 13.3. The molecule has 0 saturated heterocycles. The molecule has 0 unspecified atom stereocenters. The molecule has 0 fully saturated rings. The molecule has 0 aromatic heterocycles. The number of hydrogen-bond donors (Lipinski definition) is 1. The van der Waals surface area contributed by atoms with E-state index in [0.717, 1.165) is 6.42 Å². The largest absolute Gasteiger partial charge is 0.504 e. The number of halogens is 1. The Hall–Kier alpha value is -2.14. The monoisotopic (exact) mass is 389 g/mol. The molecule has 0 radical (unpaired) electrons. The molecule has 0 bridgehead atoms. The van der Waals surface area contributed by atoms with Gasteiger partial charge in [-0.05, 0) is 24.1 Å². The highest BCUT2D eigenvalue weighted by Gasteiger charge is 2.16. The van der Waals surface area contributed by atoms with E-state index in [9.17, 15) is 9.90 Å². The highest BCUT2D eigenvalue weighted by Crippen LogP contribution is 2.33. The molecule has 24 heavy (non-hydrogen) atoms. The van der Waals surface area contributed by atoms with Gasteiger partial charge in [-0.3, -0.25) is 9.79 Å². The Bertz CT molecular complexity index is 727. The summed E-state index contributed by atoms with van der Waals surface area (Å²) in [4.78, 5) is 16.2. The molecule has 0 aliphatic carbocycles. The Balaban J connectivity index is 2.13. The Labute approximate surface area is 150 Å². The van der Waals surface area contributed by atoms with E-state index in [0.29, 0.717) is 16.6 Å². The first kappa shape index (κ1) is 18.2. The third-order valence-corrected chi connectivity index (χ3v) is 3.80. The molecule has 0 spiro atoms. The third kappa shape index (κ3) is 5.20. The highest BCUT2D eigenvalue weighted by atomic mass is 79.9.